The lowest BCUT2D eigenvalue weighted by Gasteiger charge is -2.20. The molecule has 1 heterocycles. The molecular weight excluding hydrogens is 263 g/mol. The number of rotatable bonds is 2. The summed E-state index contributed by atoms with van der Waals surface area (Å²) in [6.45, 7) is 1.32. The molecule has 1 aliphatic heterocycles. The molecule has 2 N–H and O–H groups in total. The molecule has 1 aliphatic rings. The standard InChI is InChI=1S/C15H14ClFN2/c16-12-3-1-4-13(17)11(12)9-19-8-7-10-14(18)5-2-6-15(10)19/h1-6H,7-9,18H2. The van der Waals surface area contributed by atoms with Crippen LogP contribution < -0.4 is 10.6 Å². The molecule has 3 rings (SSSR count). The molecule has 0 saturated carbocycles. The van der Waals surface area contributed by atoms with E-state index < -0.39 is 0 Å². The maximum Gasteiger partial charge on any atom is 0.129 e. The Balaban J connectivity index is 1.93. The molecule has 19 heavy (non-hydrogen) atoms. The third-order valence-electron chi connectivity index (χ3n) is 3.57. The van der Waals surface area contributed by atoms with Gasteiger partial charge in [0, 0.05) is 40.6 Å². The van der Waals surface area contributed by atoms with Gasteiger partial charge in [0.1, 0.15) is 5.82 Å². The number of nitrogens with two attached hydrogens (primary N) is 1. The Bertz CT molecular complexity index is 607. The van der Waals surface area contributed by atoms with Crippen molar-refractivity contribution >= 4 is 23.0 Å². The van der Waals surface area contributed by atoms with Gasteiger partial charge in [-0.15, -0.1) is 0 Å². The Morgan fingerprint density at radius 2 is 2.00 bits per heavy atom. The predicted molar refractivity (Wildman–Crippen MR) is 77.0 cm³/mol. The quantitative estimate of drug-likeness (QED) is 0.849. The van der Waals surface area contributed by atoms with E-state index in [9.17, 15) is 4.39 Å². The third-order valence-corrected chi connectivity index (χ3v) is 3.92. The van der Waals surface area contributed by atoms with E-state index in [4.69, 9.17) is 17.3 Å². The summed E-state index contributed by atoms with van der Waals surface area (Å²) in [5.74, 6) is -0.259. The largest absolute Gasteiger partial charge is 0.398 e. The highest BCUT2D eigenvalue weighted by atomic mass is 35.5. The van der Waals surface area contributed by atoms with Crippen molar-refractivity contribution in [2.24, 2.45) is 0 Å². The van der Waals surface area contributed by atoms with Crippen molar-refractivity contribution < 1.29 is 4.39 Å². The van der Waals surface area contributed by atoms with E-state index in [1.807, 2.05) is 18.2 Å². The Labute approximate surface area is 116 Å². The van der Waals surface area contributed by atoms with Crippen molar-refractivity contribution in [1.82, 2.24) is 0 Å². The number of hydrogen-bond acceptors (Lipinski definition) is 2. The van der Waals surface area contributed by atoms with Crippen LogP contribution in [-0.4, -0.2) is 6.54 Å². The van der Waals surface area contributed by atoms with E-state index in [1.54, 1.807) is 12.1 Å². The topological polar surface area (TPSA) is 29.3 Å². The van der Waals surface area contributed by atoms with Crippen LogP contribution in [0.2, 0.25) is 5.02 Å². The lowest BCUT2D eigenvalue weighted by Crippen LogP contribution is -2.20. The second-order valence-electron chi connectivity index (χ2n) is 4.72. The average molecular weight is 277 g/mol. The summed E-state index contributed by atoms with van der Waals surface area (Å²) in [4.78, 5) is 2.12. The van der Waals surface area contributed by atoms with Crippen LogP contribution in [-0.2, 0) is 13.0 Å². The van der Waals surface area contributed by atoms with Crippen molar-refractivity contribution in [3.8, 4) is 0 Å². The van der Waals surface area contributed by atoms with Crippen LogP contribution in [0.4, 0.5) is 15.8 Å². The summed E-state index contributed by atoms with van der Waals surface area (Å²) in [5, 5.41) is 0.470. The third kappa shape index (κ3) is 2.15. The van der Waals surface area contributed by atoms with Crippen LogP contribution in [0.3, 0.4) is 0 Å². The molecule has 0 radical (unpaired) electrons. The summed E-state index contributed by atoms with van der Waals surface area (Å²) in [6.07, 6.45) is 0.897. The molecule has 98 valence electrons. The first-order valence-electron chi connectivity index (χ1n) is 6.22. The van der Waals surface area contributed by atoms with Gasteiger partial charge >= 0.3 is 0 Å². The summed E-state index contributed by atoms with van der Waals surface area (Å²) in [5.41, 5.74) is 9.54. The molecule has 0 atom stereocenters. The number of nitrogen functional groups attached to an aromatic ring is 1. The predicted octanol–water partition coefficient (Wildman–Crippen LogP) is 3.62. The molecular formula is C15H14ClFN2. The van der Waals surface area contributed by atoms with Crippen LogP contribution in [0.1, 0.15) is 11.1 Å². The molecule has 0 fully saturated rings. The van der Waals surface area contributed by atoms with Gasteiger partial charge in [0.25, 0.3) is 0 Å². The van der Waals surface area contributed by atoms with E-state index in [-0.39, 0.29) is 5.82 Å². The van der Waals surface area contributed by atoms with Crippen molar-refractivity contribution in [3.05, 3.63) is 58.4 Å². The van der Waals surface area contributed by atoms with Gasteiger partial charge in [0.05, 0.1) is 0 Å². The van der Waals surface area contributed by atoms with Gasteiger partial charge in [0.2, 0.25) is 0 Å². The Hall–Kier alpha value is -1.74. The van der Waals surface area contributed by atoms with E-state index >= 15 is 0 Å². The lowest BCUT2D eigenvalue weighted by atomic mass is 10.1. The lowest BCUT2D eigenvalue weighted by molar-refractivity contribution is 0.606. The van der Waals surface area contributed by atoms with E-state index in [2.05, 4.69) is 4.90 Å². The summed E-state index contributed by atoms with van der Waals surface area (Å²) < 4.78 is 13.8. The molecule has 4 heteroatoms. The van der Waals surface area contributed by atoms with Crippen LogP contribution in [0.15, 0.2) is 36.4 Å². The van der Waals surface area contributed by atoms with Gasteiger partial charge in [-0.05, 0) is 30.7 Å². The van der Waals surface area contributed by atoms with E-state index in [1.165, 1.54) is 6.07 Å². The maximum absolute atomic E-state index is 13.8. The number of halogens is 2. The SMILES string of the molecule is Nc1cccc2c1CCN2Cc1c(F)cccc1Cl. The highest BCUT2D eigenvalue weighted by molar-refractivity contribution is 6.31. The first-order valence-corrected chi connectivity index (χ1v) is 6.60. The fourth-order valence-corrected chi connectivity index (χ4v) is 2.79. The molecule has 0 aliphatic carbocycles. The Morgan fingerprint density at radius 1 is 1.21 bits per heavy atom. The van der Waals surface area contributed by atoms with E-state index in [0.29, 0.717) is 17.1 Å². The average Bonchev–Trinajstić information content (AvgIpc) is 2.79. The zero-order valence-electron chi connectivity index (χ0n) is 10.4. The van der Waals surface area contributed by atoms with Crippen molar-refractivity contribution in [3.63, 3.8) is 0 Å². The maximum atomic E-state index is 13.8. The number of nitrogens with zero attached hydrogens (tertiary/aromatic N) is 1. The van der Waals surface area contributed by atoms with Crippen molar-refractivity contribution in [2.45, 2.75) is 13.0 Å². The highest BCUT2D eigenvalue weighted by Crippen LogP contribution is 2.34. The minimum Gasteiger partial charge on any atom is -0.398 e. The van der Waals surface area contributed by atoms with Gasteiger partial charge in [-0.3, -0.25) is 0 Å². The zero-order chi connectivity index (χ0) is 13.4. The highest BCUT2D eigenvalue weighted by Gasteiger charge is 2.22. The Morgan fingerprint density at radius 3 is 2.79 bits per heavy atom. The zero-order valence-corrected chi connectivity index (χ0v) is 11.1. The van der Waals surface area contributed by atoms with Crippen LogP contribution in [0.25, 0.3) is 0 Å². The minimum atomic E-state index is -0.259. The molecule has 0 bridgehead atoms. The first-order chi connectivity index (χ1) is 9.16. The number of benzene rings is 2. The van der Waals surface area contributed by atoms with Crippen molar-refractivity contribution in [1.29, 1.82) is 0 Å². The minimum absolute atomic E-state index is 0.259. The molecule has 0 aromatic heterocycles. The van der Waals surface area contributed by atoms with Crippen LogP contribution in [0.5, 0.6) is 0 Å². The number of fused-ring (bicyclic) bond motifs is 1. The van der Waals surface area contributed by atoms with Gasteiger partial charge in [-0.25, -0.2) is 4.39 Å². The summed E-state index contributed by atoms with van der Waals surface area (Å²) >= 11 is 6.07. The van der Waals surface area contributed by atoms with Gasteiger partial charge < -0.3 is 10.6 Å². The van der Waals surface area contributed by atoms with Gasteiger partial charge in [0.15, 0.2) is 0 Å². The van der Waals surface area contributed by atoms with Crippen molar-refractivity contribution in [2.75, 3.05) is 17.2 Å². The second-order valence-corrected chi connectivity index (χ2v) is 5.12. The smallest absolute Gasteiger partial charge is 0.129 e. The van der Waals surface area contributed by atoms with Crippen LogP contribution >= 0.6 is 11.6 Å². The normalized spacial score (nSPS) is 13.7. The monoisotopic (exact) mass is 276 g/mol. The molecule has 0 amide bonds. The molecule has 2 aromatic carbocycles. The number of hydrogen-bond donors (Lipinski definition) is 1. The van der Waals surface area contributed by atoms with E-state index in [0.717, 1.165) is 29.9 Å². The molecule has 0 saturated heterocycles. The fraction of sp³-hybridized carbons (Fsp3) is 0.200. The second kappa shape index (κ2) is 4.74. The fourth-order valence-electron chi connectivity index (χ4n) is 2.57. The first kappa shape index (κ1) is 12.3. The summed E-state index contributed by atoms with van der Waals surface area (Å²) in [7, 11) is 0. The molecule has 0 unspecified atom stereocenters. The molecule has 2 nitrogen and oxygen atoms in total. The number of anilines is 2. The van der Waals surface area contributed by atoms with Gasteiger partial charge in [-0.2, -0.15) is 0 Å². The Kier molecular flexibility index (Phi) is 3.07. The molecule has 0 spiro atoms. The van der Waals surface area contributed by atoms with Gasteiger partial charge in [-0.1, -0.05) is 23.7 Å². The molecule has 2 aromatic rings. The van der Waals surface area contributed by atoms with Crippen LogP contribution in [0, 0.1) is 5.82 Å². The summed E-state index contributed by atoms with van der Waals surface area (Å²) in [6, 6.07) is 10.6.